The van der Waals surface area contributed by atoms with Gasteiger partial charge in [0.05, 0.1) is 0 Å². The van der Waals surface area contributed by atoms with Crippen molar-refractivity contribution in [1.29, 1.82) is 0 Å². The highest BCUT2D eigenvalue weighted by Crippen LogP contribution is 2.30. The molecule has 0 atom stereocenters. The number of benzene rings is 5. The Morgan fingerprint density at radius 2 is 0.641 bits per heavy atom. The van der Waals surface area contributed by atoms with Gasteiger partial charge in [-0.3, -0.25) is 0 Å². The van der Waals surface area contributed by atoms with Gasteiger partial charge in [-0.05, 0) is 6.42 Å². The lowest BCUT2D eigenvalue weighted by molar-refractivity contribution is -0.695. The first kappa shape index (κ1) is 48.9. The molecule has 1 aromatic heterocycles. The molecule has 1 nitrogen and oxygen atoms in total. The van der Waals surface area contributed by atoms with Gasteiger partial charge in [-0.2, -0.15) is 4.57 Å². The Labute approximate surface area is 348 Å². The van der Waals surface area contributed by atoms with Gasteiger partial charge in [0, 0.05) is 24.1 Å². The number of halogens is 20. The number of unbranched alkanes of at least 4 members (excludes halogenated alkanes) is 3. The van der Waals surface area contributed by atoms with Crippen LogP contribution in [0, 0.1) is 116 Å². The van der Waals surface area contributed by atoms with Gasteiger partial charge in [0.1, 0.15) is 52.7 Å². The molecule has 0 amide bonds. The zero-order valence-electron chi connectivity index (χ0n) is 32.0. The molecule has 0 bridgehead atoms. The van der Waals surface area contributed by atoms with Crippen molar-refractivity contribution in [3.05, 3.63) is 182 Å². The third-order valence-corrected chi connectivity index (χ3v) is 10.2. The van der Waals surface area contributed by atoms with E-state index < -0.39 is 144 Å². The van der Waals surface area contributed by atoms with Crippen LogP contribution in [0.25, 0.3) is 0 Å². The summed E-state index contributed by atoms with van der Waals surface area (Å²) in [6.45, 7) is 3.24. The molecule has 0 aliphatic rings. The summed E-state index contributed by atoms with van der Waals surface area (Å²) < 4.78 is 296. The predicted molar refractivity (Wildman–Crippen MR) is 189 cm³/mol. The van der Waals surface area contributed by atoms with Crippen molar-refractivity contribution in [2.75, 3.05) is 0 Å². The van der Waals surface area contributed by atoms with Crippen LogP contribution in [0.1, 0.15) is 43.9 Å². The van der Waals surface area contributed by atoms with Crippen LogP contribution in [0.2, 0.25) is 0 Å². The van der Waals surface area contributed by atoms with Crippen LogP contribution in [0.3, 0.4) is 0 Å². The van der Waals surface area contributed by atoms with Gasteiger partial charge in [0.2, 0.25) is 0 Å². The van der Waals surface area contributed by atoms with Crippen molar-refractivity contribution in [1.82, 2.24) is 0 Å². The molecule has 0 N–H and O–H groups in total. The molecule has 6 aromatic rings. The van der Waals surface area contributed by atoms with Crippen molar-refractivity contribution >= 4 is 28.0 Å². The number of hydrogen-bond donors (Lipinski definition) is 0. The number of aromatic nitrogens is 1. The lowest BCUT2D eigenvalue weighted by atomic mass is 9.12. The van der Waals surface area contributed by atoms with Crippen LogP contribution < -0.4 is 26.4 Å². The predicted octanol–water partition coefficient (Wildman–Crippen LogP) is 9.99. The number of hydrogen-bond acceptors (Lipinski definition) is 0. The highest BCUT2D eigenvalue weighted by Gasteiger charge is 2.52. The topological polar surface area (TPSA) is 3.88 Å². The molecule has 6 rings (SSSR count). The zero-order chi connectivity index (χ0) is 47.7. The quantitative estimate of drug-likeness (QED) is 0.0305. The fourth-order valence-corrected chi connectivity index (χ4v) is 7.28. The summed E-state index contributed by atoms with van der Waals surface area (Å²) in [6, 6.07) is 17.2. The normalized spacial score (nSPS) is 11.6. The minimum absolute atomic E-state index is 0.977. The van der Waals surface area contributed by atoms with E-state index in [0.717, 1.165) is 6.54 Å². The van der Waals surface area contributed by atoms with Gasteiger partial charge in [-0.25, -0.2) is 87.8 Å². The minimum Gasteiger partial charge on any atom is -0.207 e. The summed E-state index contributed by atoms with van der Waals surface area (Å²) in [5.41, 5.74) is -11.5. The maximum atomic E-state index is 15.4. The Bertz CT molecular complexity index is 2360. The molecule has 0 aliphatic heterocycles. The molecule has 22 heteroatoms. The Morgan fingerprint density at radius 3 is 0.953 bits per heavy atom. The van der Waals surface area contributed by atoms with E-state index in [2.05, 4.69) is 66.2 Å². The molecule has 0 saturated carbocycles. The van der Waals surface area contributed by atoms with Crippen molar-refractivity contribution < 1.29 is 92.4 Å². The van der Waals surface area contributed by atoms with Crippen LogP contribution in [-0.2, 0) is 13.0 Å². The van der Waals surface area contributed by atoms with Crippen molar-refractivity contribution in [3.8, 4) is 0 Å². The number of rotatable bonds is 11. The Morgan fingerprint density at radius 1 is 0.344 bits per heavy atom. The average molecular weight is 933 g/mol. The second-order valence-corrected chi connectivity index (χ2v) is 13.9. The summed E-state index contributed by atoms with van der Waals surface area (Å²) in [6.07, 6.45) is 1.47. The Hall–Kier alpha value is -6.09. The second-order valence-electron chi connectivity index (χ2n) is 13.9. The maximum Gasteiger partial charge on any atom is 0.200 e. The van der Waals surface area contributed by atoms with Gasteiger partial charge < -0.3 is 0 Å². The van der Waals surface area contributed by atoms with Gasteiger partial charge >= 0.3 is 0 Å². The van der Waals surface area contributed by atoms with E-state index in [1.54, 1.807) is 0 Å². The van der Waals surface area contributed by atoms with Crippen LogP contribution in [0.4, 0.5) is 87.8 Å². The molecule has 340 valence electrons. The fraction of sp³-hybridized carbons (Fsp3) is 0.167. The SMILES string of the molecule is CCCCCCc1cccc[n+]1Cc1ccccc1.Fc1c(F)c(F)c([B-](c2c(F)c(F)c(F)c(F)c2F)(c2c(F)c(F)c(F)c(F)c2F)c2c(F)c(F)c(F)c(F)c2F)c(F)c1F. The molecule has 0 radical (unpaired) electrons. The summed E-state index contributed by atoms with van der Waals surface area (Å²) in [5, 5.41) is 0. The van der Waals surface area contributed by atoms with Gasteiger partial charge in [0.15, 0.2) is 88.2 Å². The molecule has 1 heterocycles. The van der Waals surface area contributed by atoms with E-state index in [0.29, 0.717) is 0 Å². The average Bonchev–Trinajstić information content (AvgIpc) is 3.28. The van der Waals surface area contributed by atoms with E-state index in [1.807, 2.05) is 0 Å². The van der Waals surface area contributed by atoms with Crippen molar-refractivity contribution in [3.63, 3.8) is 0 Å². The number of pyridine rings is 1. The van der Waals surface area contributed by atoms with E-state index in [4.69, 9.17) is 0 Å². The lowest BCUT2D eigenvalue weighted by Gasteiger charge is -2.44. The number of nitrogens with zero attached hydrogens (tertiary/aromatic N) is 1. The van der Waals surface area contributed by atoms with Crippen LogP contribution >= 0.6 is 0 Å². The first-order valence-electron chi connectivity index (χ1n) is 18.3. The largest absolute Gasteiger partial charge is 0.207 e. The van der Waals surface area contributed by atoms with E-state index in [1.165, 1.54) is 43.4 Å². The van der Waals surface area contributed by atoms with Gasteiger partial charge in [-0.1, -0.05) is 62.6 Å². The third-order valence-electron chi connectivity index (χ3n) is 10.2. The Kier molecular flexibility index (Phi) is 14.8. The van der Waals surface area contributed by atoms with Crippen molar-refractivity contribution in [2.24, 2.45) is 0 Å². The highest BCUT2D eigenvalue weighted by molar-refractivity contribution is 7.20. The smallest absolute Gasteiger partial charge is 0.200 e. The second kappa shape index (κ2) is 19.3. The van der Waals surface area contributed by atoms with E-state index >= 15 is 35.1 Å². The third kappa shape index (κ3) is 8.26. The molecule has 5 aromatic carbocycles. The summed E-state index contributed by atoms with van der Waals surface area (Å²) in [5.74, 6) is -71.4. The standard InChI is InChI=1S/C24BF20.C18H24N/c26-5-1(6(27)14(35)21(42)13(5)34)25(2-7(28)15(36)22(43)16(37)8(2)29,3-9(30)17(38)23(44)18(39)10(3)31)4-11(32)19(40)24(45)20(41)12(4)33;1-2-3-4-8-13-18-14-9-10-15-19(18)16-17-11-6-5-7-12-17/h;5-7,9-12,14-15H,2-4,8,13,16H2,1H3/q-1;+1. The molecule has 0 spiro atoms. The van der Waals surface area contributed by atoms with E-state index in [-0.39, 0.29) is 0 Å². The molecular weight excluding hydrogens is 909 g/mol. The lowest BCUT2D eigenvalue weighted by Crippen LogP contribution is -2.81. The van der Waals surface area contributed by atoms with E-state index in [9.17, 15) is 52.7 Å². The van der Waals surface area contributed by atoms with Crippen LogP contribution in [0.15, 0.2) is 54.7 Å². The Balaban J connectivity index is 0.000000337. The molecule has 0 aliphatic carbocycles. The first-order valence-corrected chi connectivity index (χ1v) is 18.3. The molecule has 64 heavy (non-hydrogen) atoms. The summed E-state index contributed by atoms with van der Waals surface area (Å²) in [4.78, 5) is 0. The summed E-state index contributed by atoms with van der Waals surface area (Å²) in [7, 11) is 0. The zero-order valence-corrected chi connectivity index (χ0v) is 32.0. The first-order chi connectivity index (χ1) is 30.1. The molecule has 0 saturated heterocycles. The minimum atomic E-state index is -7.22. The molecule has 0 unspecified atom stereocenters. The monoisotopic (exact) mass is 933 g/mol. The van der Waals surface area contributed by atoms with Crippen LogP contribution in [0.5, 0.6) is 0 Å². The molecular formula is C42H24BF20N. The molecule has 0 fully saturated rings. The fourth-order valence-electron chi connectivity index (χ4n) is 7.28. The summed E-state index contributed by atoms with van der Waals surface area (Å²) >= 11 is 0. The van der Waals surface area contributed by atoms with Crippen molar-refractivity contribution in [2.45, 2.75) is 45.6 Å². The number of aryl methyl sites for hydroxylation is 1. The maximum absolute atomic E-state index is 15.4. The highest BCUT2D eigenvalue weighted by atomic mass is 19.2. The van der Waals surface area contributed by atoms with Gasteiger partial charge in [0.25, 0.3) is 0 Å². The van der Waals surface area contributed by atoms with Crippen LogP contribution in [-0.4, -0.2) is 6.15 Å². The van der Waals surface area contributed by atoms with Gasteiger partial charge in [-0.15, -0.1) is 21.9 Å².